The van der Waals surface area contributed by atoms with E-state index in [1.807, 2.05) is 0 Å². The van der Waals surface area contributed by atoms with Crippen molar-refractivity contribution in [3.05, 3.63) is 0 Å². The summed E-state index contributed by atoms with van der Waals surface area (Å²) in [6, 6.07) is 0. The van der Waals surface area contributed by atoms with Crippen molar-refractivity contribution in [2.75, 3.05) is 0 Å². The van der Waals surface area contributed by atoms with Gasteiger partial charge >= 0.3 is 0 Å². The van der Waals surface area contributed by atoms with E-state index >= 15 is 0 Å². The highest BCUT2D eigenvalue weighted by molar-refractivity contribution is 4.83. The molecule has 1 aliphatic rings. The van der Waals surface area contributed by atoms with E-state index in [9.17, 15) is 5.11 Å². The molecule has 0 heterocycles. The van der Waals surface area contributed by atoms with Crippen LogP contribution in [0.5, 0.6) is 0 Å². The van der Waals surface area contributed by atoms with E-state index in [0.29, 0.717) is 0 Å². The number of unbranched alkanes of at least 4 members (excludes halogenated alkanes) is 1. The van der Waals surface area contributed by atoms with Gasteiger partial charge in [0.25, 0.3) is 0 Å². The van der Waals surface area contributed by atoms with Crippen molar-refractivity contribution in [1.29, 1.82) is 0 Å². The normalized spacial score (nSPS) is 23.4. The molecule has 0 aliphatic heterocycles. The summed E-state index contributed by atoms with van der Waals surface area (Å²) in [5.41, 5.74) is -0.504. The Kier molecular flexibility index (Phi) is 2.72. The molecule has 0 saturated heterocycles. The van der Waals surface area contributed by atoms with Crippen LogP contribution in [0.25, 0.3) is 0 Å². The first kappa shape index (κ1) is 8.06. The summed E-state index contributed by atoms with van der Waals surface area (Å²) >= 11 is 0. The molecule has 0 atom stereocenters. The fraction of sp³-hybridized carbons (Fsp3) is 1.00. The molecule has 0 aromatic heterocycles. The van der Waals surface area contributed by atoms with E-state index in [1.54, 1.807) is 0 Å². The lowest BCUT2D eigenvalue weighted by Crippen LogP contribution is -2.21. The van der Waals surface area contributed by atoms with Crippen LogP contribution >= 0.6 is 0 Å². The van der Waals surface area contributed by atoms with E-state index in [4.69, 9.17) is 0 Å². The van der Waals surface area contributed by atoms with Gasteiger partial charge in [0.1, 0.15) is 5.60 Å². The summed E-state index contributed by atoms with van der Waals surface area (Å²) in [4.78, 5) is 0. The molecule has 0 unspecified atom stereocenters. The van der Waals surface area contributed by atoms with Crippen LogP contribution in [-0.2, 0) is 5.11 Å². The molecule has 1 rings (SSSR count). The van der Waals surface area contributed by atoms with Gasteiger partial charge in [-0.2, -0.15) is 0 Å². The Morgan fingerprint density at radius 3 is 2.40 bits per heavy atom. The highest BCUT2D eigenvalue weighted by atomic mass is 16.3. The molecule has 10 heavy (non-hydrogen) atoms. The van der Waals surface area contributed by atoms with Gasteiger partial charge in [-0.15, -0.1) is 0 Å². The molecule has 1 radical (unpaired) electrons. The molecule has 0 bridgehead atoms. The summed E-state index contributed by atoms with van der Waals surface area (Å²) in [7, 11) is 0. The lowest BCUT2D eigenvalue weighted by atomic mass is 9.95. The van der Waals surface area contributed by atoms with E-state index < -0.39 is 5.60 Å². The van der Waals surface area contributed by atoms with Gasteiger partial charge in [0, 0.05) is 0 Å². The van der Waals surface area contributed by atoms with Gasteiger partial charge < -0.3 is 0 Å². The molecule has 0 aromatic rings. The van der Waals surface area contributed by atoms with Crippen molar-refractivity contribution in [2.24, 2.45) is 0 Å². The third-order valence-corrected chi connectivity index (χ3v) is 2.50. The zero-order chi connectivity index (χ0) is 7.45. The molecule has 1 fully saturated rings. The quantitative estimate of drug-likeness (QED) is 0.576. The molecular formula is C9H17O. The number of rotatable bonds is 3. The van der Waals surface area contributed by atoms with Crippen LogP contribution in [0.15, 0.2) is 0 Å². The average molecular weight is 141 g/mol. The second kappa shape index (κ2) is 3.38. The first-order valence-electron chi connectivity index (χ1n) is 4.47. The molecule has 1 heteroatoms. The van der Waals surface area contributed by atoms with Crippen LogP contribution < -0.4 is 0 Å². The monoisotopic (exact) mass is 141 g/mol. The second-order valence-corrected chi connectivity index (χ2v) is 3.49. The van der Waals surface area contributed by atoms with Crippen LogP contribution in [0.4, 0.5) is 0 Å². The summed E-state index contributed by atoms with van der Waals surface area (Å²) in [6.07, 6.45) is 7.44. The number of hydrogen-bond acceptors (Lipinski definition) is 0. The summed E-state index contributed by atoms with van der Waals surface area (Å²) in [5, 5.41) is 11.7. The Hall–Kier alpha value is -0.0400. The maximum atomic E-state index is 11.7. The smallest absolute Gasteiger partial charge is 0.104 e. The Morgan fingerprint density at radius 1 is 1.30 bits per heavy atom. The Morgan fingerprint density at radius 2 is 1.90 bits per heavy atom. The zero-order valence-corrected chi connectivity index (χ0v) is 6.86. The third-order valence-electron chi connectivity index (χ3n) is 2.50. The van der Waals surface area contributed by atoms with Gasteiger partial charge in [-0.3, -0.25) is 0 Å². The van der Waals surface area contributed by atoms with Crippen LogP contribution in [-0.4, -0.2) is 5.60 Å². The molecule has 0 aromatic carbocycles. The van der Waals surface area contributed by atoms with Crippen molar-refractivity contribution in [1.82, 2.24) is 0 Å². The fourth-order valence-corrected chi connectivity index (χ4v) is 1.77. The van der Waals surface area contributed by atoms with Gasteiger partial charge in [0.2, 0.25) is 0 Å². The Labute approximate surface area is 63.4 Å². The summed E-state index contributed by atoms with van der Waals surface area (Å²) in [5.74, 6) is 0. The molecule has 1 nitrogen and oxygen atoms in total. The maximum Gasteiger partial charge on any atom is 0.104 e. The SMILES string of the molecule is CCCCC1([O])CCCC1. The first-order valence-corrected chi connectivity index (χ1v) is 4.47. The minimum Gasteiger partial charge on any atom is -0.229 e. The molecule has 59 valence electrons. The van der Waals surface area contributed by atoms with Gasteiger partial charge in [-0.1, -0.05) is 32.6 Å². The molecule has 0 N–H and O–H groups in total. The molecule has 0 amide bonds. The summed E-state index contributed by atoms with van der Waals surface area (Å²) < 4.78 is 0. The van der Waals surface area contributed by atoms with Crippen molar-refractivity contribution in [3.63, 3.8) is 0 Å². The van der Waals surface area contributed by atoms with Crippen LogP contribution in [0, 0.1) is 0 Å². The lowest BCUT2D eigenvalue weighted by molar-refractivity contribution is -0.0320. The van der Waals surface area contributed by atoms with Crippen molar-refractivity contribution >= 4 is 0 Å². The standard InChI is InChI=1S/C9H17O/c1-2-3-6-9(10)7-4-5-8-9/h2-8H2,1H3. The van der Waals surface area contributed by atoms with E-state index in [0.717, 1.165) is 25.7 Å². The topological polar surface area (TPSA) is 19.9 Å². The van der Waals surface area contributed by atoms with E-state index in [1.165, 1.54) is 19.3 Å². The molecule has 1 saturated carbocycles. The number of hydrogen-bond donors (Lipinski definition) is 0. The van der Waals surface area contributed by atoms with Crippen molar-refractivity contribution in [2.45, 2.75) is 57.5 Å². The first-order chi connectivity index (χ1) is 4.77. The summed E-state index contributed by atoms with van der Waals surface area (Å²) in [6.45, 7) is 2.15. The Balaban J connectivity index is 2.22. The predicted molar refractivity (Wildman–Crippen MR) is 41.4 cm³/mol. The average Bonchev–Trinajstić information content (AvgIpc) is 2.33. The minimum atomic E-state index is -0.504. The Bertz CT molecular complexity index is 92.9. The highest BCUT2D eigenvalue weighted by Crippen LogP contribution is 2.34. The molecular weight excluding hydrogens is 124 g/mol. The highest BCUT2D eigenvalue weighted by Gasteiger charge is 2.31. The fourth-order valence-electron chi connectivity index (χ4n) is 1.77. The molecule has 1 aliphatic carbocycles. The van der Waals surface area contributed by atoms with Gasteiger partial charge in [0.05, 0.1) is 0 Å². The predicted octanol–water partition coefficient (Wildman–Crippen LogP) is 2.92. The largest absolute Gasteiger partial charge is 0.229 e. The minimum absolute atomic E-state index is 0.504. The van der Waals surface area contributed by atoms with Crippen molar-refractivity contribution < 1.29 is 5.11 Å². The van der Waals surface area contributed by atoms with E-state index in [-0.39, 0.29) is 0 Å². The van der Waals surface area contributed by atoms with Gasteiger partial charge in [-0.05, 0) is 19.3 Å². The molecule has 0 spiro atoms. The van der Waals surface area contributed by atoms with Crippen LogP contribution in [0.2, 0.25) is 0 Å². The van der Waals surface area contributed by atoms with Crippen molar-refractivity contribution in [3.8, 4) is 0 Å². The van der Waals surface area contributed by atoms with Gasteiger partial charge in [0.15, 0.2) is 0 Å². The zero-order valence-electron chi connectivity index (χ0n) is 6.86. The second-order valence-electron chi connectivity index (χ2n) is 3.49. The lowest BCUT2D eigenvalue weighted by Gasteiger charge is -2.17. The maximum absolute atomic E-state index is 11.7. The third kappa shape index (κ3) is 1.98. The van der Waals surface area contributed by atoms with Crippen LogP contribution in [0.1, 0.15) is 51.9 Å². The van der Waals surface area contributed by atoms with E-state index in [2.05, 4.69) is 6.92 Å². The van der Waals surface area contributed by atoms with Gasteiger partial charge in [-0.25, -0.2) is 5.11 Å². The van der Waals surface area contributed by atoms with Crippen LogP contribution in [0.3, 0.4) is 0 Å².